The van der Waals surface area contributed by atoms with Gasteiger partial charge in [0.05, 0.1) is 11.0 Å². The third kappa shape index (κ3) is 1.06. The predicted octanol–water partition coefficient (Wildman–Crippen LogP) is 1.57. The highest BCUT2D eigenvalue weighted by Crippen LogP contribution is 2.24. The standard InChI is InChI=1S/C10H10ClN3/c11-6-1-2-8-9(3-6)14-5-7(12)4-10(14)13-8/h1-3,7H,4-5,12H2. The van der Waals surface area contributed by atoms with Crippen molar-refractivity contribution in [1.82, 2.24) is 9.55 Å². The van der Waals surface area contributed by atoms with Crippen LogP contribution in [0.2, 0.25) is 5.02 Å². The first-order valence-electron chi connectivity index (χ1n) is 4.64. The van der Waals surface area contributed by atoms with Gasteiger partial charge in [0.2, 0.25) is 0 Å². The number of nitrogens with two attached hydrogens (primary N) is 1. The Bertz CT molecular complexity index is 503. The molecule has 2 aromatic rings. The summed E-state index contributed by atoms with van der Waals surface area (Å²) in [7, 11) is 0. The fourth-order valence-electron chi connectivity index (χ4n) is 2.04. The highest BCUT2D eigenvalue weighted by molar-refractivity contribution is 6.31. The Hall–Kier alpha value is -1.06. The third-order valence-electron chi connectivity index (χ3n) is 2.65. The molecule has 3 nitrogen and oxygen atoms in total. The van der Waals surface area contributed by atoms with Gasteiger partial charge in [0, 0.05) is 24.0 Å². The Kier molecular flexibility index (Phi) is 1.60. The zero-order valence-electron chi connectivity index (χ0n) is 7.57. The van der Waals surface area contributed by atoms with E-state index in [2.05, 4.69) is 9.55 Å². The van der Waals surface area contributed by atoms with E-state index in [1.165, 1.54) is 0 Å². The van der Waals surface area contributed by atoms with Gasteiger partial charge in [-0.05, 0) is 18.2 Å². The van der Waals surface area contributed by atoms with E-state index in [0.717, 1.165) is 34.8 Å². The lowest BCUT2D eigenvalue weighted by Crippen LogP contribution is -2.20. The molecule has 3 rings (SSSR count). The molecule has 14 heavy (non-hydrogen) atoms. The number of hydrogen-bond acceptors (Lipinski definition) is 2. The molecule has 1 aliphatic rings. The minimum Gasteiger partial charge on any atom is -0.326 e. The molecule has 1 aromatic carbocycles. The van der Waals surface area contributed by atoms with Gasteiger partial charge in [0.15, 0.2) is 0 Å². The molecular formula is C10H10ClN3. The molecule has 0 radical (unpaired) electrons. The summed E-state index contributed by atoms with van der Waals surface area (Å²) in [5, 5.41) is 0.751. The van der Waals surface area contributed by atoms with Crippen LogP contribution < -0.4 is 5.73 Å². The van der Waals surface area contributed by atoms with Crippen LogP contribution in [0.1, 0.15) is 5.82 Å². The number of fused-ring (bicyclic) bond motifs is 3. The average molecular weight is 208 g/mol. The van der Waals surface area contributed by atoms with Crippen LogP contribution in [-0.4, -0.2) is 15.6 Å². The molecule has 0 bridgehead atoms. The molecule has 0 saturated carbocycles. The number of imidazole rings is 1. The second kappa shape index (κ2) is 2.72. The molecule has 0 aliphatic carbocycles. The van der Waals surface area contributed by atoms with Crippen molar-refractivity contribution in [2.24, 2.45) is 5.73 Å². The fourth-order valence-corrected chi connectivity index (χ4v) is 2.21. The van der Waals surface area contributed by atoms with Crippen molar-refractivity contribution < 1.29 is 0 Å². The second-order valence-electron chi connectivity index (χ2n) is 3.74. The summed E-state index contributed by atoms with van der Waals surface area (Å²) in [6.07, 6.45) is 0.867. The molecule has 0 spiro atoms. The van der Waals surface area contributed by atoms with Crippen molar-refractivity contribution in [1.29, 1.82) is 0 Å². The SMILES string of the molecule is NC1Cc2nc3ccc(Cl)cc3n2C1. The molecule has 0 amide bonds. The van der Waals surface area contributed by atoms with Crippen LogP contribution in [0.25, 0.3) is 11.0 Å². The van der Waals surface area contributed by atoms with E-state index >= 15 is 0 Å². The Morgan fingerprint density at radius 3 is 3.21 bits per heavy atom. The highest BCUT2D eigenvalue weighted by Gasteiger charge is 2.21. The molecule has 1 aromatic heterocycles. The zero-order valence-corrected chi connectivity index (χ0v) is 8.33. The Morgan fingerprint density at radius 1 is 1.50 bits per heavy atom. The number of aromatic nitrogens is 2. The Labute approximate surface area is 86.5 Å². The van der Waals surface area contributed by atoms with Gasteiger partial charge in [-0.25, -0.2) is 4.98 Å². The van der Waals surface area contributed by atoms with Crippen molar-refractivity contribution in [3.63, 3.8) is 0 Å². The van der Waals surface area contributed by atoms with Gasteiger partial charge < -0.3 is 10.3 Å². The molecule has 1 atom stereocenters. The first-order valence-corrected chi connectivity index (χ1v) is 5.02. The third-order valence-corrected chi connectivity index (χ3v) is 2.89. The molecule has 72 valence electrons. The number of halogens is 1. The molecule has 0 saturated heterocycles. The average Bonchev–Trinajstić information content (AvgIpc) is 2.62. The van der Waals surface area contributed by atoms with E-state index in [9.17, 15) is 0 Å². The summed E-state index contributed by atoms with van der Waals surface area (Å²) in [5.41, 5.74) is 7.97. The lowest BCUT2D eigenvalue weighted by atomic mass is 10.2. The van der Waals surface area contributed by atoms with Crippen LogP contribution in [-0.2, 0) is 13.0 Å². The highest BCUT2D eigenvalue weighted by atomic mass is 35.5. The molecule has 1 aliphatic heterocycles. The molecule has 4 heteroatoms. The smallest absolute Gasteiger partial charge is 0.111 e. The van der Waals surface area contributed by atoms with E-state index in [0.29, 0.717) is 0 Å². The topological polar surface area (TPSA) is 43.8 Å². The quantitative estimate of drug-likeness (QED) is 0.713. The summed E-state index contributed by atoms with van der Waals surface area (Å²) >= 11 is 5.94. The summed E-state index contributed by atoms with van der Waals surface area (Å²) in [6, 6.07) is 5.98. The maximum atomic E-state index is 5.94. The summed E-state index contributed by atoms with van der Waals surface area (Å²) in [4.78, 5) is 4.51. The van der Waals surface area contributed by atoms with E-state index in [4.69, 9.17) is 17.3 Å². The number of nitrogens with zero attached hydrogens (tertiary/aromatic N) is 2. The van der Waals surface area contributed by atoms with E-state index < -0.39 is 0 Å². The fraction of sp³-hybridized carbons (Fsp3) is 0.300. The predicted molar refractivity (Wildman–Crippen MR) is 56.4 cm³/mol. The minimum absolute atomic E-state index is 0.209. The zero-order chi connectivity index (χ0) is 9.71. The van der Waals surface area contributed by atoms with Crippen LogP contribution in [0.3, 0.4) is 0 Å². The lowest BCUT2D eigenvalue weighted by molar-refractivity contribution is 0.652. The molecule has 1 unspecified atom stereocenters. The largest absolute Gasteiger partial charge is 0.326 e. The Morgan fingerprint density at radius 2 is 2.36 bits per heavy atom. The number of benzene rings is 1. The van der Waals surface area contributed by atoms with Gasteiger partial charge in [0.1, 0.15) is 5.82 Å². The molecule has 2 heterocycles. The number of rotatable bonds is 0. The lowest BCUT2D eigenvalue weighted by Gasteiger charge is -2.01. The van der Waals surface area contributed by atoms with Crippen LogP contribution >= 0.6 is 11.6 Å². The monoisotopic (exact) mass is 207 g/mol. The number of hydrogen-bond donors (Lipinski definition) is 1. The van der Waals surface area contributed by atoms with Gasteiger partial charge in [-0.15, -0.1) is 0 Å². The first kappa shape index (κ1) is 8.26. The van der Waals surface area contributed by atoms with Crippen molar-refractivity contribution in [2.75, 3.05) is 0 Å². The first-order chi connectivity index (χ1) is 6.74. The normalized spacial score (nSPS) is 20.3. The van der Waals surface area contributed by atoms with Gasteiger partial charge in [-0.1, -0.05) is 11.6 Å². The van der Waals surface area contributed by atoms with E-state index in [-0.39, 0.29) is 6.04 Å². The van der Waals surface area contributed by atoms with Gasteiger partial charge >= 0.3 is 0 Å². The van der Waals surface area contributed by atoms with E-state index in [1.54, 1.807) is 0 Å². The molecular weight excluding hydrogens is 198 g/mol. The van der Waals surface area contributed by atoms with Crippen molar-refractivity contribution in [3.8, 4) is 0 Å². The van der Waals surface area contributed by atoms with Crippen LogP contribution in [0.4, 0.5) is 0 Å². The summed E-state index contributed by atoms with van der Waals surface area (Å²) < 4.78 is 2.16. The van der Waals surface area contributed by atoms with Crippen LogP contribution in [0.5, 0.6) is 0 Å². The van der Waals surface area contributed by atoms with Crippen LogP contribution in [0, 0.1) is 0 Å². The van der Waals surface area contributed by atoms with Crippen molar-refractivity contribution in [2.45, 2.75) is 19.0 Å². The van der Waals surface area contributed by atoms with Crippen molar-refractivity contribution in [3.05, 3.63) is 29.0 Å². The minimum atomic E-state index is 0.209. The maximum absolute atomic E-state index is 5.94. The van der Waals surface area contributed by atoms with E-state index in [1.807, 2.05) is 18.2 Å². The van der Waals surface area contributed by atoms with Gasteiger partial charge in [0.25, 0.3) is 0 Å². The molecule has 2 N–H and O–H groups in total. The van der Waals surface area contributed by atoms with Gasteiger partial charge in [-0.3, -0.25) is 0 Å². The maximum Gasteiger partial charge on any atom is 0.111 e. The Balaban J connectivity index is 2.30. The second-order valence-corrected chi connectivity index (χ2v) is 4.17. The summed E-state index contributed by atoms with van der Waals surface area (Å²) in [5.74, 6) is 1.08. The van der Waals surface area contributed by atoms with Crippen molar-refractivity contribution >= 4 is 22.6 Å². The molecule has 0 fully saturated rings. The van der Waals surface area contributed by atoms with Crippen LogP contribution in [0.15, 0.2) is 18.2 Å². The van der Waals surface area contributed by atoms with Gasteiger partial charge in [-0.2, -0.15) is 0 Å². The summed E-state index contributed by atoms with van der Waals surface area (Å²) in [6.45, 7) is 0.853.